The smallest absolute Gasteiger partial charge is 0.141 e. The van der Waals surface area contributed by atoms with E-state index in [0.717, 1.165) is 71.9 Å². The summed E-state index contributed by atoms with van der Waals surface area (Å²) in [6.07, 6.45) is 2.53. The van der Waals surface area contributed by atoms with Crippen molar-refractivity contribution in [2.24, 2.45) is 5.41 Å². The van der Waals surface area contributed by atoms with Crippen LogP contribution in [0.2, 0.25) is 5.02 Å². The van der Waals surface area contributed by atoms with E-state index in [0.29, 0.717) is 16.6 Å². The molecule has 2 aliphatic heterocycles. The number of halogens is 1. The van der Waals surface area contributed by atoms with Crippen molar-refractivity contribution in [3.8, 4) is 22.8 Å². The molecule has 2 fully saturated rings. The molecule has 1 spiro atoms. The van der Waals surface area contributed by atoms with Crippen LogP contribution in [0.5, 0.6) is 11.5 Å². The number of anilines is 2. The lowest BCUT2D eigenvalue weighted by molar-refractivity contribution is -0.127. The van der Waals surface area contributed by atoms with E-state index in [1.807, 2.05) is 18.2 Å². The highest BCUT2D eigenvalue weighted by atomic mass is 35.5. The molecule has 2 aliphatic rings. The lowest BCUT2D eigenvalue weighted by atomic mass is 9.78. The summed E-state index contributed by atoms with van der Waals surface area (Å²) in [5.41, 5.74) is 8.84. The van der Waals surface area contributed by atoms with Gasteiger partial charge >= 0.3 is 0 Å². The minimum atomic E-state index is 0.258. The first-order chi connectivity index (χ1) is 15.0. The van der Waals surface area contributed by atoms with E-state index < -0.39 is 0 Å². The second-order valence-electron chi connectivity index (χ2n) is 8.31. The predicted molar refractivity (Wildman–Crippen MR) is 122 cm³/mol. The van der Waals surface area contributed by atoms with Gasteiger partial charge in [0, 0.05) is 47.3 Å². The molecule has 8 heteroatoms. The summed E-state index contributed by atoms with van der Waals surface area (Å²) in [5.74, 6) is 2.64. The average molecular weight is 441 g/mol. The number of hydrogen-bond donors (Lipinski definition) is 1. The van der Waals surface area contributed by atoms with E-state index in [2.05, 4.69) is 16.8 Å². The Bertz CT molecular complexity index is 1170. The van der Waals surface area contributed by atoms with Crippen LogP contribution in [0.25, 0.3) is 22.0 Å². The number of nitrogens with zero attached hydrogens (tertiary/aromatic N) is 3. The fourth-order valence-electron chi connectivity index (χ4n) is 4.60. The number of nitrogens with two attached hydrogens (primary N) is 1. The number of pyridine rings is 2. The van der Waals surface area contributed by atoms with E-state index in [1.54, 1.807) is 20.4 Å². The zero-order valence-electron chi connectivity index (χ0n) is 17.9. The molecule has 4 heterocycles. The monoisotopic (exact) mass is 440 g/mol. The quantitative estimate of drug-likeness (QED) is 0.643. The molecule has 0 unspecified atom stereocenters. The Balaban J connectivity index is 1.72. The molecule has 2 aromatic heterocycles. The normalized spacial score (nSPS) is 16.8. The number of benzene rings is 1. The molecule has 162 valence electrons. The van der Waals surface area contributed by atoms with E-state index in [9.17, 15) is 0 Å². The van der Waals surface area contributed by atoms with E-state index in [1.165, 1.54) is 0 Å². The first kappa shape index (κ1) is 20.2. The summed E-state index contributed by atoms with van der Waals surface area (Å²) in [5, 5.41) is 2.46. The van der Waals surface area contributed by atoms with Crippen molar-refractivity contribution in [3.05, 3.63) is 35.0 Å². The minimum Gasteiger partial charge on any atom is -0.496 e. The van der Waals surface area contributed by atoms with Crippen molar-refractivity contribution in [1.82, 2.24) is 9.97 Å². The molecule has 0 saturated carbocycles. The third-order valence-electron chi connectivity index (χ3n) is 6.23. The molecular weight excluding hydrogens is 416 g/mol. The Morgan fingerprint density at radius 2 is 1.90 bits per heavy atom. The highest BCUT2D eigenvalue weighted by molar-refractivity contribution is 6.35. The SMILES string of the molecule is CCc1c(OC)cc(OC)c(Cl)c1-c1cc2cnc(N)cc2c(N2CC3(COC3)C2)n1. The van der Waals surface area contributed by atoms with E-state index in [4.69, 9.17) is 36.5 Å². The molecule has 31 heavy (non-hydrogen) atoms. The van der Waals surface area contributed by atoms with Crippen LogP contribution in [-0.4, -0.2) is 50.5 Å². The number of hydrogen-bond acceptors (Lipinski definition) is 7. The maximum Gasteiger partial charge on any atom is 0.141 e. The second-order valence-corrected chi connectivity index (χ2v) is 8.69. The summed E-state index contributed by atoms with van der Waals surface area (Å²) >= 11 is 6.80. The van der Waals surface area contributed by atoms with Gasteiger partial charge in [-0.05, 0) is 18.6 Å². The van der Waals surface area contributed by atoms with E-state index >= 15 is 0 Å². The van der Waals surface area contributed by atoms with Gasteiger partial charge in [-0.1, -0.05) is 18.5 Å². The van der Waals surface area contributed by atoms with Gasteiger partial charge in [0.25, 0.3) is 0 Å². The summed E-state index contributed by atoms with van der Waals surface area (Å²) in [6.45, 7) is 5.52. The fraction of sp³-hybridized carbons (Fsp3) is 0.391. The molecule has 0 amide bonds. The van der Waals surface area contributed by atoms with Gasteiger partial charge in [0.1, 0.15) is 23.1 Å². The van der Waals surface area contributed by atoms with Gasteiger partial charge in [-0.2, -0.15) is 0 Å². The lowest BCUT2D eigenvalue weighted by Crippen LogP contribution is -2.66. The van der Waals surface area contributed by atoms with Crippen LogP contribution < -0.4 is 20.1 Å². The van der Waals surface area contributed by atoms with Gasteiger partial charge in [0.05, 0.1) is 43.6 Å². The molecule has 7 nitrogen and oxygen atoms in total. The lowest BCUT2D eigenvalue weighted by Gasteiger charge is -2.55. The molecular formula is C23H25ClN4O3. The maximum atomic E-state index is 6.80. The van der Waals surface area contributed by atoms with Gasteiger partial charge in [-0.15, -0.1) is 0 Å². The molecule has 5 rings (SSSR count). The van der Waals surface area contributed by atoms with Crippen molar-refractivity contribution >= 4 is 34.0 Å². The largest absolute Gasteiger partial charge is 0.496 e. The highest BCUT2D eigenvalue weighted by Gasteiger charge is 2.49. The number of aromatic nitrogens is 2. The van der Waals surface area contributed by atoms with Crippen LogP contribution in [0.15, 0.2) is 24.4 Å². The van der Waals surface area contributed by atoms with Gasteiger partial charge in [0.2, 0.25) is 0 Å². The zero-order valence-corrected chi connectivity index (χ0v) is 18.6. The molecule has 1 aromatic carbocycles. The Labute approximate surface area is 186 Å². The average Bonchev–Trinajstić information content (AvgIpc) is 2.71. The molecule has 3 aromatic rings. The molecule has 0 atom stereocenters. The van der Waals surface area contributed by atoms with Gasteiger partial charge in [-0.25, -0.2) is 9.97 Å². The van der Waals surface area contributed by atoms with Crippen molar-refractivity contribution in [2.75, 3.05) is 51.2 Å². The van der Waals surface area contributed by atoms with Crippen LogP contribution in [0.3, 0.4) is 0 Å². The van der Waals surface area contributed by atoms with Crippen molar-refractivity contribution in [2.45, 2.75) is 13.3 Å². The predicted octanol–water partition coefficient (Wildman–Crippen LogP) is 3.95. The first-order valence-electron chi connectivity index (χ1n) is 10.3. The third kappa shape index (κ3) is 3.15. The Morgan fingerprint density at radius 1 is 1.16 bits per heavy atom. The standard InChI is InChI=1S/C23H25ClN4O3/c1-4-14-17(29-2)7-18(30-3)21(24)20(14)16-5-13-8-26-19(25)6-15(13)22(27-16)28-9-23(10-28)11-31-12-23/h5-8H,4,9-12H2,1-3H3,(H2,25,26). The summed E-state index contributed by atoms with van der Waals surface area (Å²) in [6, 6.07) is 5.72. The number of methoxy groups -OCH3 is 2. The zero-order chi connectivity index (χ0) is 21.8. The Hall–Kier alpha value is -2.77. The molecule has 2 saturated heterocycles. The number of rotatable bonds is 5. The second kappa shape index (κ2) is 7.43. The molecule has 2 N–H and O–H groups in total. The van der Waals surface area contributed by atoms with Crippen LogP contribution in [0, 0.1) is 5.41 Å². The van der Waals surface area contributed by atoms with Crippen LogP contribution in [0.1, 0.15) is 12.5 Å². The topological polar surface area (TPSA) is 82.7 Å². The summed E-state index contributed by atoms with van der Waals surface area (Å²) in [7, 11) is 3.25. The van der Waals surface area contributed by atoms with Crippen LogP contribution in [0.4, 0.5) is 11.6 Å². The van der Waals surface area contributed by atoms with Gasteiger partial charge in [-0.3, -0.25) is 0 Å². The molecule has 0 radical (unpaired) electrons. The first-order valence-corrected chi connectivity index (χ1v) is 10.7. The molecule has 0 bridgehead atoms. The van der Waals surface area contributed by atoms with Gasteiger partial charge in [0.15, 0.2) is 0 Å². The van der Waals surface area contributed by atoms with Crippen molar-refractivity contribution in [1.29, 1.82) is 0 Å². The maximum absolute atomic E-state index is 6.80. The Morgan fingerprint density at radius 3 is 2.52 bits per heavy atom. The number of ether oxygens (including phenoxy) is 3. The minimum absolute atomic E-state index is 0.258. The number of nitrogen functional groups attached to an aromatic ring is 1. The van der Waals surface area contributed by atoms with Crippen LogP contribution >= 0.6 is 11.6 Å². The third-order valence-corrected chi connectivity index (χ3v) is 6.61. The molecule has 0 aliphatic carbocycles. The fourth-order valence-corrected chi connectivity index (χ4v) is 4.94. The van der Waals surface area contributed by atoms with Crippen molar-refractivity contribution < 1.29 is 14.2 Å². The Kier molecular flexibility index (Phi) is 4.83. The summed E-state index contributed by atoms with van der Waals surface area (Å²) in [4.78, 5) is 11.7. The van der Waals surface area contributed by atoms with E-state index in [-0.39, 0.29) is 5.41 Å². The number of fused-ring (bicyclic) bond motifs is 1. The van der Waals surface area contributed by atoms with Gasteiger partial charge < -0.3 is 24.8 Å². The van der Waals surface area contributed by atoms with Crippen LogP contribution in [-0.2, 0) is 11.2 Å². The highest BCUT2D eigenvalue weighted by Crippen LogP contribution is 2.46. The van der Waals surface area contributed by atoms with Crippen molar-refractivity contribution in [3.63, 3.8) is 0 Å². The summed E-state index contributed by atoms with van der Waals surface area (Å²) < 4.78 is 16.6.